The molecule has 4 heterocycles. The highest BCUT2D eigenvalue weighted by molar-refractivity contribution is 5.79. The van der Waals surface area contributed by atoms with Gasteiger partial charge in [-0.1, -0.05) is 6.07 Å². The molecule has 1 unspecified atom stereocenters. The minimum absolute atomic E-state index is 0.107. The molecule has 2 saturated heterocycles. The fraction of sp³-hybridized carbons (Fsp3) is 0.556. The first-order valence-corrected chi connectivity index (χ1v) is 8.79. The predicted molar refractivity (Wildman–Crippen MR) is 92.6 cm³/mol. The first-order chi connectivity index (χ1) is 12.2. The van der Waals surface area contributed by atoms with Crippen molar-refractivity contribution in [2.24, 2.45) is 0 Å². The second-order valence-electron chi connectivity index (χ2n) is 6.89. The van der Waals surface area contributed by atoms with Crippen molar-refractivity contribution in [2.75, 3.05) is 46.0 Å². The summed E-state index contributed by atoms with van der Waals surface area (Å²) in [6.07, 6.45) is 4.10. The van der Waals surface area contributed by atoms with Gasteiger partial charge in [-0.25, -0.2) is 4.98 Å². The molecule has 0 aliphatic carbocycles. The Morgan fingerprint density at radius 1 is 1.44 bits per heavy atom. The molecule has 0 radical (unpaired) electrons. The van der Waals surface area contributed by atoms with Crippen molar-refractivity contribution in [1.82, 2.24) is 19.6 Å². The Kier molecular flexibility index (Phi) is 4.45. The van der Waals surface area contributed by atoms with Gasteiger partial charge in [0, 0.05) is 32.0 Å². The molecule has 0 bridgehead atoms. The van der Waals surface area contributed by atoms with Crippen LogP contribution in [0.15, 0.2) is 24.5 Å². The zero-order valence-electron chi connectivity index (χ0n) is 14.5. The summed E-state index contributed by atoms with van der Waals surface area (Å²) >= 11 is 0. The van der Waals surface area contributed by atoms with Gasteiger partial charge in [0.1, 0.15) is 11.2 Å². The average Bonchev–Trinajstić information content (AvgIpc) is 2.89. The molecular weight excluding hydrogens is 320 g/mol. The van der Waals surface area contributed by atoms with Gasteiger partial charge in [0.05, 0.1) is 38.5 Å². The molecule has 2 aromatic heterocycles. The van der Waals surface area contributed by atoms with Crippen LogP contribution in [0, 0.1) is 6.92 Å². The number of ether oxygens (including phenoxy) is 2. The van der Waals surface area contributed by atoms with Gasteiger partial charge in [-0.15, -0.1) is 0 Å². The summed E-state index contributed by atoms with van der Waals surface area (Å²) in [5.74, 6) is 0.107. The van der Waals surface area contributed by atoms with E-state index in [1.165, 1.54) is 0 Å². The summed E-state index contributed by atoms with van der Waals surface area (Å²) < 4.78 is 13.6. The van der Waals surface area contributed by atoms with E-state index in [2.05, 4.69) is 10.3 Å². The fourth-order valence-electron chi connectivity index (χ4n) is 3.62. The Bertz CT molecular complexity index is 765. The van der Waals surface area contributed by atoms with E-state index in [0.717, 1.165) is 23.4 Å². The number of rotatable bonds is 2. The molecule has 25 heavy (non-hydrogen) atoms. The van der Waals surface area contributed by atoms with Crippen LogP contribution in [0.3, 0.4) is 0 Å². The lowest BCUT2D eigenvalue weighted by molar-refractivity contribution is -0.157. The third kappa shape index (κ3) is 3.27. The number of aromatic nitrogens is 2. The summed E-state index contributed by atoms with van der Waals surface area (Å²) in [7, 11) is 0. The van der Waals surface area contributed by atoms with E-state index < -0.39 is 5.60 Å². The molecule has 7 heteroatoms. The van der Waals surface area contributed by atoms with Crippen molar-refractivity contribution in [3.05, 3.63) is 35.8 Å². The summed E-state index contributed by atoms with van der Waals surface area (Å²) in [5.41, 5.74) is 2.50. The molecule has 4 rings (SSSR count). The number of morpholine rings is 1. The zero-order chi connectivity index (χ0) is 17.3. The lowest BCUT2D eigenvalue weighted by Crippen LogP contribution is -2.59. The molecule has 0 aromatic carbocycles. The van der Waals surface area contributed by atoms with Crippen LogP contribution in [0.2, 0.25) is 0 Å². The Morgan fingerprint density at radius 3 is 3.28 bits per heavy atom. The minimum atomic E-state index is -0.430. The number of carbonyl (C=O) groups is 1. The Hall–Kier alpha value is -1.96. The van der Waals surface area contributed by atoms with Gasteiger partial charge < -0.3 is 24.1 Å². The minimum Gasteiger partial charge on any atom is -0.377 e. The van der Waals surface area contributed by atoms with Gasteiger partial charge in [-0.2, -0.15) is 0 Å². The molecular formula is C18H24N4O3. The van der Waals surface area contributed by atoms with Crippen LogP contribution in [0.5, 0.6) is 0 Å². The van der Waals surface area contributed by atoms with Crippen LogP contribution in [0.4, 0.5) is 0 Å². The maximum Gasteiger partial charge on any atom is 0.228 e. The fourth-order valence-corrected chi connectivity index (χ4v) is 3.62. The molecule has 0 saturated carbocycles. The Morgan fingerprint density at radius 2 is 2.36 bits per heavy atom. The molecule has 1 atom stereocenters. The molecule has 2 aliphatic rings. The summed E-state index contributed by atoms with van der Waals surface area (Å²) in [4.78, 5) is 19.2. The number of nitrogens with one attached hydrogen (secondary N) is 1. The summed E-state index contributed by atoms with van der Waals surface area (Å²) in [5, 5.41) is 3.34. The van der Waals surface area contributed by atoms with E-state index in [0.29, 0.717) is 45.9 Å². The van der Waals surface area contributed by atoms with Crippen LogP contribution >= 0.6 is 0 Å². The molecule has 2 aromatic rings. The number of hydrogen-bond donors (Lipinski definition) is 1. The lowest BCUT2D eigenvalue weighted by Gasteiger charge is -2.41. The number of hydrogen-bond acceptors (Lipinski definition) is 5. The smallest absolute Gasteiger partial charge is 0.228 e. The predicted octanol–water partition coefficient (Wildman–Crippen LogP) is 0.403. The van der Waals surface area contributed by atoms with E-state index in [1.54, 1.807) is 6.20 Å². The summed E-state index contributed by atoms with van der Waals surface area (Å²) in [6, 6.07) is 4.01. The second kappa shape index (κ2) is 6.74. The maximum atomic E-state index is 12.9. The number of pyridine rings is 1. The van der Waals surface area contributed by atoms with Crippen LogP contribution in [0.25, 0.3) is 5.65 Å². The first kappa shape index (κ1) is 16.5. The Balaban J connectivity index is 1.49. The van der Waals surface area contributed by atoms with Gasteiger partial charge in [-0.05, 0) is 18.6 Å². The van der Waals surface area contributed by atoms with E-state index in [1.807, 2.05) is 34.6 Å². The molecule has 1 amide bonds. The van der Waals surface area contributed by atoms with Crippen LogP contribution in [0.1, 0.15) is 11.3 Å². The number of amides is 1. The van der Waals surface area contributed by atoms with Gasteiger partial charge >= 0.3 is 0 Å². The van der Waals surface area contributed by atoms with Gasteiger partial charge in [0.2, 0.25) is 5.91 Å². The van der Waals surface area contributed by atoms with Crippen molar-refractivity contribution >= 4 is 11.6 Å². The third-order valence-corrected chi connectivity index (χ3v) is 4.98. The lowest BCUT2D eigenvalue weighted by atomic mass is 10.0. The van der Waals surface area contributed by atoms with Crippen molar-refractivity contribution in [3.8, 4) is 0 Å². The molecule has 7 nitrogen and oxygen atoms in total. The molecule has 134 valence electrons. The number of carbonyl (C=O) groups excluding carboxylic acids is 1. The number of imidazole rings is 1. The third-order valence-electron chi connectivity index (χ3n) is 4.98. The highest BCUT2D eigenvalue weighted by Gasteiger charge is 2.39. The largest absolute Gasteiger partial charge is 0.377 e. The quantitative estimate of drug-likeness (QED) is 0.854. The maximum absolute atomic E-state index is 12.9. The van der Waals surface area contributed by atoms with E-state index in [4.69, 9.17) is 9.47 Å². The molecule has 2 aliphatic heterocycles. The van der Waals surface area contributed by atoms with E-state index in [9.17, 15) is 4.79 Å². The van der Waals surface area contributed by atoms with E-state index in [-0.39, 0.29) is 5.91 Å². The van der Waals surface area contributed by atoms with Crippen LogP contribution in [-0.4, -0.2) is 71.8 Å². The number of fused-ring (bicyclic) bond motifs is 1. The van der Waals surface area contributed by atoms with Crippen molar-refractivity contribution in [3.63, 3.8) is 0 Å². The van der Waals surface area contributed by atoms with Crippen molar-refractivity contribution in [1.29, 1.82) is 0 Å². The number of nitrogens with zero attached hydrogens (tertiary/aromatic N) is 3. The van der Waals surface area contributed by atoms with Gasteiger partial charge in [0.15, 0.2) is 0 Å². The van der Waals surface area contributed by atoms with Gasteiger partial charge in [-0.3, -0.25) is 4.79 Å². The van der Waals surface area contributed by atoms with Crippen molar-refractivity contribution in [2.45, 2.75) is 18.9 Å². The van der Waals surface area contributed by atoms with Crippen molar-refractivity contribution < 1.29 is 14.3 Å². The topological polar surface area (TPSA) is 68.1 Å². The standard InChI is InChI=1S/C18H24N4O3/c1-14-3-2-5-22-15(10-20-17(14)22)9-16(23)21-6-8-25-18(12-21)11-19-4-7-24-13-18/h2-3,5,10,19H,4,6-9,11-13H2,1H3. The monoisotopic (exact) mass is 344 g/mol. The SMILES string of the molecule is Cc1cccn2c(CC(=O)N3CCOC4(CNCCOC4)C3)cnc12. The second-order valence-corrected chi connectivity index (χ2v) is 6.89. The summed E-state index contributed by atoms with van der Waals surface area (Å²) in [6.45, 7) is 6.50. The number of aryl methyl sites for hydroxylation is 1. The van der Waals surface area contributed by atoms with Gasteiger partial charge in [0.25, 0.3) is 0 Å². The average molecular weight is 344 g/mol. The highest BCUT2D eigenvalue weighted by atomic mass is 16.5. The highest BCUT2D eigenvalue weighted by Crippen LogP contribution is 2.21. The normalized spacial score (nSPS) is 24.6. The van der Waals surface area contributed by atoms with Crippen LogP contribution < -0.4 is 5.32 Å². The molecule has 1 spiro atoms. The van der Waals surface area contributed by atoms with Crippen LogP contribution in [-0.2, 0) is 20.7 Å². The molecule has 1 N–H and O–H groups in total. The zero-order valence-corrected chi connectivity index (χ0v) is 14.5. The Labute approximate surface area is 146 Å². The van der Waals surface area contributed by atoms with E-state index >= 15 is 0 Å². The molecule has 2 fully saturated rings. The first-order valence-electron chi connectivity index (χ1n) is 8.79.